The van der Waals surface area contributed by atoms with Gasteiger partial charge >= 0.3 is 0 Å². The van der Waals surface area contributed by atoms with Gasteiger partial charge in [0.05, 0.1) is 18.4 Å². The van der Waals surface area contributed by atoms with Crippen LogP contribution < -0.4 is 10.3 Å². The maximum Gasteiger partial charge on any atom is 0.262 e. The van der Waals surface area contributed by atoms with Gasteiger partial charge in [-0.1, -0.05) is 54.6 Å². The van der Waals surface area contributed by atoms with Crippen molar-refractivity contribution < 1.29 is 9.53 Å². The van der Waals surface area contributed by atoms with Crippen molar-refractivity contribution in [1.82, 2.24) is 9.47 Å². The minimum atomic E-state index is -0.175. The van der Waals surface area contributed by atoms with Crippen molar-refractivity contribution in [2.24, 2.45) is 0 Å². The molecule has 5 nitrogen and oxygen atoms in total. The molecule has 4 aromatic rings. The fourth-order valence-corrected chi connectivity index (χ4v) is 3.72. The van der Waals surface area contributed by atoms with E-state index in [0.29, 0.717) is 40.9 Å². The highest BCUT2D eigenvalue weighted by atomic mass is 16.5. The smallest absolute Gasteiger partial charge is 0.262 e. The number of ether oxygens (including phenoxy) is 1. The fraction of sp³-hybridized carbons (Fsp3) is 0.154. The van der Waals surface area contributed by atoms with E-state index in [4.69, 9.17) is 4.74 Å². The summed E-state index contributed by atoms with van der Waals surface area (Å²) in [4.78, 5) is 28.6. The lowest BCUT2D eigenvalue weighted by Crippen LogP contribution is -2.32. The summed E-state index contributed by atoms with van der Waals surface area (Å²) in [5.41, 5.74) is 2.03. The minimum Gasteiger partial charge on any atom is -0.497 e. The molecule has 4 rings (SSSR count). The van der Waals surface area contributed by atoms with Gasteiger partial charge in [0.15, 0.2) is 0 Å². The lowest BCUT2D eigenvalue weighted by atomic mass is 10.1. The van der Waals surface area contributed by atoms with E-state index in [-0.39, 0.29) is 11.5 Å². The second-order valence-electron chi connectivity index (χ2n) is 7.27. The van der Waals surface area contributed by atoms with Crippen LogP contribution in [0.1, 0.15) is 22.8 Å². The van der Waals surface area contributed by atoms with Crippen molar-refractivity contribution >= 4 is 16.7 Å². The summed E-state index contributed by atoms with van der Waals surface area (Å²) in [5, 5.41) is 1.16. The standard InChI is InChI=1S/C26H24N2O3/c1-3-27(17-19-10-5-4-6-11-19)25(29)24-18-28(20-12-9-13-21(16-20)31-2)26(30)23-15-8-7-14-22(23)24/h4-16,18H,3,17H2,1-2H3. The van der Waals surface area contributed by atoms with Gasteiger partial charge in [0, 0.05) is 36.1 Å². The van der Waals surface area contributed by atoms with Crippen molar-refractivity contribution in [1.29, 1.82) is 0 Å². The van der Waals surface area contributed by atoms with Crippen LogP contribution in [-0.2, 0) is 6.54 Å². The SMILES string of the molecule is CCN(Cc1ccccc1)C(=O)c1cn(-c2cccc(OC)c2)c(=O)c2ccccc12. The Morgan fingerprint density at radius 2 is 1.65 bits per heavy atom. The molecule has 0 aliphatic heterocycles. The quantitative estimate of drug-likeness (QED) is 0.463. The summed E-state index contributed by atoms with van der Waals surface area (Å²) in [7, 11) is 1.58. The number of rotatable bonds is 6. The molecule has 0 spiro atoms. The summed E-state index contributed by atoms with van der Waals surface area (Å²) >= 11 is 0. The number of hydrogen-bond donors (Lipinski definition) is 0. The molecular formula is C26H24N2O3. The third-order valence-corrected chi connectivity index (χ3v) is 5.37. The zero-order valence-corrected chi connectivity index (χ0v) is 17.6. The number of benzene rings is 3. The molecule has 1 heterocycles. The number of nitrogens with zero attached hydrogens (tertiary/aromatic N) is 2. The van der Waals surface area contributed by atoms with Gasteiger partial charge < -0.3 is 9.64 Å². The molecule has 0 aliphatic rings. The number of fused-ring (bicyclic) bond motifs is 1. The molecule has 0 radical (unpaired) electrons. The van der Waals surface area contributed by atoms with Crippen molar-refractivity contribution in [3.8, 4) is 11.4 Å². The zero-order chi connectivity index (χ0) is 21.8. The predicted molar refractivity (Wildman–Crippen MR) is 123 cm³/mol. The Hall–Kier alpha value is -3.86. The van der Waals surface area contributed by atoms with Gasteiger partial charge in [-0.2, -0.15) is 0 Å². The Labute approximate surface area is 181 Å². The predicted octanol–water partition coefficient (Wildman–Crippen LogP) is 4.66. The topological polar surface area (TPSA) is 51.5 Å². The lowest BCUT2D eigenvalue weighted by molar-refractivity contribution is 0.0754. The lowest BCUT2D eigenvalue weighted by Gasteiger charge is -2.22. The van der Waals surface area contributed by atoms with Crippen LogP contribution in [0.4, 0.5) is 0 Å². The number of carbonyl (C=O) groups excluding carboxylic acids is 1. The van der Waals surface area contributed by atoms with Gasteiger partial charge in [-0.05, 0) is 30.7 Å². The second-order valence-corrected chi connectivity index (χ2v) is 7.27. The average molecular weight is 412 g/mol. The Balaban J connectivity index is 1.85. The maximum atomic E-state index is 13.6. The van der Waals surface area contributed by atoms with Crippen LogP contribution >= 0.6 is 0 Å². The van der Waals surface area contributed by atoms with Gasteiger partial charge in [0.25, 0.3) is 11.5 Å². The molecule has 5 heteroatoms. The first-order valence-electron chi connectivity index (χ1n) is 10.2. The summed E-state index contributed by atoms with van der Waals surface area (Å²) in [5.74, 6) is 0.531. The molecule has 0 aliphatic carbocycles. The van der Waals surface area contributed by atoms with Crippen molar-refractivity contribution in [2.75, 3.05) is 13.7 Å². The number of aromatic nitrogens is 1. The van der Waals surface area contributed by atoms with Gasteiger partial charge in [-0.25, -0.2) is 0 Å². The molecule has 1 aromatic heterocycles. The fourth-order valence-electron chi connectivity index (χ4n) is 3.72. The molecule has 0 saturated carbocycles. The Morgan fingerprint density at radius 1 is 0.935 bits per heavy atom. The molecule has 3 aromatic carbocycles. The Bertz CT molecular complexity index is 1280. The monoisotopic (exact) mass is 412 g/mol. The van der Waals surface area contributed by atoms with Crippen LogP contribution in [0.25, 0.3) is 16.5 Å². The second kappa shape index (κ2) is 8.88. The Kier molecular flexibility index (Phi) is 5.85. The molecule has 156 valence electrons. The van der Waals surface area contributed by atoms with E-state index in [1.165, 1.54) is 4.57 Å². The molecule has 31 heavy (non-hydrogen) atoms. The van der Waals surface area contributed by atoms with Crippen LogP contribution in [-0.4, -0.2) is 29.0 Å². The number of pyridine rings is 1. The van der Waals surface area contributed by atoms with E-state index in [0.717, 1.165) is 5.56 Å². The number of amides is 1. The molecule has 0 N–H and O–H groups in total. The van der Waals surface area contributed by atoms with Crippen LogP contribution in [0.15, 0.2) is 89.9 Å². The largest absolute Gasteiger partial charge is 0.497 e. The summed E-state index contributed by atoms with van der Waals surface area (Å²) < 4.78 is 6.84. The molecular weight excluding hydrogens is 388 g/mol. The first-order valence-corrected chi connectivity index (χ1v) is 10.2. The maximum absolute atomic E-state index is 13.6. The van der Waals surface area contributed by atoms with Crippen LogP contribution in [0.2, 0.25) is 0 Å². The highest BCUT2D eigenvalue weighted by Crippen LogP contribution is 2.22. The van der Waals surface area contributed by atoms with E-state index in [9.17, 15) is 9.59 Å². The van der Waals surface area contributed by atoms with E-state index in [1.807, 2.05) is 73.7 Å². The van der Waals surface area contributed by atoms with Crippen LogP contribution in [0.3, 0.4) is 0 Å². The van der Waals surface area contributed by atoms with Crippen molar-refractivity contribution in [3.63, 3.8) is 0 Å². The number of carbonyl (C=O) groups is 1. The number of methoxy groups -OCH3 is 1. The van der Waals surface area contributed by atoms with E-state index in [1.54, 1.807) is 30.3 Å². The molecule has 1 amide bonds. The Morgan fingerprint density at radius 3 is 2.35 bits per heavy atom. The highest BCUT2D eigenvalue weighted by Gasteiger charge is 2.20. The minimum absolute atomic E-state index is 0.112. The first kappa shape index (κ1) is 20.4. The number of hydrogen-bond acceptors (Lipinski definition) is 3. The average Bonchev–Trinajstić information content (AvgIpc) is 2.83. The molecule has 0 fully saturated rings. The molecule has 0 unspecified atom stereocenters. The zero-order valence-electron chi connectivity index (χ0n) is 17.6. The normalized spacial score (nSPS) is 10.8. The van der Waals surface area contributed by atoms with Crippen LogP contribution in [0.5, 0.6) is 5.75 Å². The highest BCUT2D eigenvalue weighted by molar-refractivity contribution is 6.06. The third-order valence-electron chi connectivity index (χ3n) is 5.37. The van der Waals surface area contributed by atoms with E-state index in [2.05, 4.69) is 0 Å². The third kappa shape index (κ3) is 4.08. The molecule has 0 bridgehead atoms. The van der Waals surface area contributed by atoms with E-state index >= 15 is 0 Å². The van der Waals surface area contributed by atoms with Crippen LogP contribution in [0, 0.1) is 0 Å². The summed E-state index contributed by atoms with van der Waals surface area (Å²) in [6.45, 7) is 3.02. The summed E-state index contributed by atoms with van der Waals surface area (Å²) in [6, 6.07) is 24.4. The van der Waals surface area contributed by atoms with Crippen molar-refractivity contribution in [2.45, 2.75) is 13.5 Å². The molecule has 0 saturated heterocycles. The van der Waals surface area contributed by atoms with Crippen molar-refractivity contribution in [3.05, 3.63) is 107 Å². The van der Waals surface area contributed by atoms with Gasteiger partial charge in [-0.3, -0.25) is 14.2 Å². The molecule has 0 atom stereocenters. The van der Waals surface area contributed by atoms with Gasteiger partial charge in [0.2, 0.25) is 0 Å². The van der Waals surface area contributed by atoms with Gasteiger partial charge in [0.1, 0.15) is 5.75 Å². The van der Waals surface area contributed by atoms with E-state index < -0.39 is 0 Å². The summed E-state index contributed by atoms with van der Waals surface area (Å²) in [6.07, 6.45) is 1.65. The first-order chi connectivity index (χ1) is 15.1. The van der Waals surface area contributed by atoms with Gasteiger partial charge in [-0.15, -0.1) is 0 Å².